The number of halogens is 1. The lowest BCUT2D eigenvalue weighted by molar-refractivity contribution is 0.530. The molecule has 0 radical (unpaired) electrons. The van der Waals surface area contributed by atoms with Crippen LogP contribution in [-0.2, 0) is 0 Å². The maximum Gasteiger partial charge on any atom is 0.0524 e. The molecule has 0 spiro atoms. The molecule has 0 aliphatic rings. The first-order chi connectivity index (χ1) is 6.58. The maximum absolute atomic E-state index is 6.32. The first kappa shape index (κ1) is 15.0. The van der Waals surface area contributed by atoms with E-state index in [2.05, 4.69) is 46.5 Å². The molecule has 15 heavy (non-hydrogen) atoms. The third kappa shape index (κ3) is 6.26. The highest BCUT2D eigenvalue weighted by Gasteiger charge is 2.18. The van der Waals surface area contributed by atoms with Gasteiger partial charge in [0.2, 0.25) is 0 Å². The summed E-state index contributed by atoms with van der Waals surface area (Å²) < 4.78 is 0. The molecule has 0 N–H and O–H groups in total. The minimum Gasteiger partial charge on any atom is -0.286 e. The second kappa shape index (κ2) is 5.40. The normalized spacial score (nSPS) is 15.7. The van der Waals surface area contributed by atoms with E-state index in [-0.39, 0.29) is 11.0 Å². The average Bonchev–Trinajstić information content (AvgIpc) is 2.01. The van der Waals surface area contributed by atoms with Gasteiger partial charge in [-0.3, -0.25) is 4.99 Å². The van der Waals surface area contributed by atoms with Crippen LogP contribution in [0.25, 0.3) is 0 Å². The van der Waals surface area contributed by atoms with E-state index >= 15 is 0 Å². The molecule has 1 nitrogen and oxygen atoms in total. The molecule has 0 aromatic rings. The van der Waals surface area contributed by atoms with E-state index in [9.17, 15) is 0 Å². The van der Waals surface area contributed by atoms with Crippen LogP contribution in [0, 0.1) is 5.41 Å². The Morgan fingerprint density at radius 3 is 1.87 bits per heavy atom. The van der Waals surface area contributed by atoms with Crippen molar-refractivity contribution >= 4 is 29.6 Å². The number of hydrogen-bond acceptors (Lipinski definition) is 2. The van der Waals surface area contributed by atoms with E-state index in [0.29, 0.717) is 0 Å². The number of rotatable bonds is 2. The highest BCUT2D eigenvalue weighted by atomic mass is 35.5. The molecule has 0 fully saturated rings. The van der Waals surface area contributed by atoms with Gasteiger partial charge < -0.3 is 0 Å². The zero-order chi connectivity index (χ0) is 12.3. The molecule has 0 atom stereocenters. The van der Waals surface area contributed by atoms with Crippen molar-refractivity contribution in [2.75, 3.05) is 6.26 Å². The quantitative estimate of drug-likeness (QED) is 0.644. The smallest absolute Gasteiger partial charge is 0.0524 e. The molecule has 3 heteroatoms. The number of thioether (sulfide) groups is 1. The van der Waals surface area contributed by atoms with E-state index < -0.39 is 0 Å². The topological polar surface area (TPSA) is 12.4 Å². The third-order valence-corrected chi connectivity index (χ3v) is 3.30. The van der Waals surface area contributed by atoms with Crippen molar-refractivity contribution < 1.29 is 0 Å². The van der Waals surface area contributed by atoms with Crippen LogP contribution in [0.1, 0.15) is 41.5 Å². The predicted octanol–water partition coefficient (Wildman–Crippen LogP) is 4.72. The molecule has 0 bridgehead atoms. The minimum absolute atomic E-state index is 0.0101. The predicted molar refractivity (Wildman–Crippen MR) is 74.1 cm³/mol. The Bertz CT molecular complexity index is 266. The number of aliphatic imine (C=N–C) groups is 1. The molecular weight excluding hydrogens is 226 g/mol. The molecule has 0 amide bonds. The van der Waals surface area contributed by atoms with Crippen LogP contribution >= 0.6 is 23.4 Å². The summed E-state index contributed by atoms with van der Waals surface area (Å²) in [4.78, 5) is 5.53. The molecule has 0 saturated carbocycles. The van der Waals surface area contributed by atoms with Crippen molar-refractivity contribution in [1.82, 2.24) is 0 Å². The summed E-state index contributed by atoms with van der Waals surface area (Å²) in [5, 5.41) is 0.878. The van der Waals surface area contributed by atoms with Gasteiger partial charge in [-0.05, 0) is 32.4 Å². The summed E-state index contributed by atoms with van der Waals surface area (Å²) in [7, 11) is 0. The van der Waals surface area contributed by atoms with Crippen LogP contribution in [-0.4, -0.2) is 18.0 Å². The van der Waals surface area contributed by atoms with Crippen LogP contribution in [0.3, 0.4) is 0 Å². The summed E-state index contributed by atoms with van der Waals surface area (Å²) in [6, 6.07) is 0. The Kier molecular flexibility index (Phi) is 5.42. The van der Waals surface area contributed by atoms with Crippen molar-refractivity contribution in [1.29, 1.82) is 0 Å². The molecule has 0 heterocycles. The van der Waals surface area contributed by atoms with Gasteiger partial charge in [-0.25, -0.2) is 0 Å². The highest BCUT2D eigenvalue weighted by molar-refractivity contribution is 8.03. The highest BCUT2D eigenvalue weighted by Crippen LogP contribution is 2.34. The standard InChI is InChI=1S/C12H22ClNS/c1-11(2,3)10(13)9(15-7)8-14-12(4,5)6/h8H,1-7H3/b10-9-,14-8?. The molecule has 0 saturated heterocycles. The van der Waals surface area contributed by atoms with Gasteiger partial charge in [-0.15, -0.1) is 11.8 Å². The molecule has 0 aromatic carbocycles. The first-order valence-corrected chi connectivity index (χ1v) is 6.67. The third-order valence-electron chi connectivity index (χ3n) is 1.66. The van der Waals surface area contributed by atoms with Gasteiger partial charge in [0.25, 0.3) is 0 Å². The van der Waals surface area contributed by atoms with Crippen LogP contribution in [0.5, 0.6) is 0 Å². The fourth-order valence-corrected chi connectivity index (χ4v) is 1.74. The van der Waals surface area contributed by atoms with Gasteiger partial charge in [-0.1, -0.05) is 32.4 Å². The lowest BCUT2D eigenvalue weighted by Crippen LogP contribution is -2.11. The number of nitrogens with zero attached hydrogens (tertiary/aromatic N) is 1. The van der Waals surface area contributed by atoms with Crippen molar-refractivity contribution in [3.05, 3.63) is 9.94 Å². The van der Waals surface area contributed by atoms with Gasteiger partial charge in [0, 0.05) is 16.2 Å². The van der Waals surface area contributed by atoms with Gasteiger partial charge in [0.1, 0.15) is 0 Å². The van der Waals surface area contributed by atoms with Crippen molar-refractivity contribution in [3.63, 3.8) is 0 Å². The van der Waals surface area contributed by atoms with Crippen molar-refractivity contribution in [2.45, 2.75) is 47.1 Å². The zero-order valence-corrected chi connectivity index (χ0v) is 12.4. The summed E-state index contributed by atoms with van der Waals surface area (Å²) >= 11 is 7.96. The molecular formula is C12H22ClNS. The van der Waals surface area contributed by atoms with Crippen molar-refractivity contribution in [3.8, 4) is 0 Å². The van der Waals surface area contributed by atoms with E-state index in [1.54, 1.807) is 11.8 Å². The summed E-state index contributed by atoms with van der Waals surface area (Å²) in [6.07, 6.45) is 3.91. The van der Waals surface area contributed by atoms with Crippen molar-refractivity contribution in [2.24, 2.45) is 10.4 Å². The number of allylic oxidation sites excluding steroid dienone is 2. The summed E-state index contributed by atoms with van der Waals surface area (Å²) in [6.45, 7) is 12.6. The molecule has 0 unspecified atom stereocenters. The van der Waals surface area contributed by atoms with E-state index in [1.165, 1.54) is 0 Å². The van der Waals surface area contributed by atoms with Gasteiger partial charge in [0.15, 0.2) is 0 Å². The Hall–Kier alpha value is 0.0500. The number of hydrogen-bond donors (Lipinski definition) is 0. The Morgan fingerprint density at radius 2 is 1.60 bits per heavy atom. The maximum atomic E-state index is 6.32. The SMILES string of the molecule is CS/C(C=NC(C)(C)C)=C(\Cl)C(C)(C)C. The average molecular weight is 248 g/mol. The van der Waals surface area contributed by atoms with Crippen LogP contribution < -0.4 is 0 Å². The van der Waals surface area contributed by atoms with Gasteiger partial charge >= 0.3 is 0 Å². The summed E-state index contributed by atoms with van der Waals surface area (Å²) in [5.74, 6) is 0. The monoisotopic (exact) mass is 247 g/mol. The van der Waals surface area contributed by atoms with E-state index in [4.69, 9.17) is 11.6 Å². The van der Waals surface area contributed by atoms with Crippen LogP contribution in [0.4, 0.5) is 0 Å². The Balaban J connectivity index is 5.02. The zero-order valence-electron chi connectivity index (χ0n) is 10.8. The Morgan fingerprint density at radius 1 is 1.13 bits per heavy atom. The second-order valence-electron chi connectivity index (χ2n) is 5.56. The Labute approximate surface area is 103 Å². The first-order valence-electron chi connectivity index (χ1n) is 5.07. The van der Waals surface area contributed by atoms with E-state index in [0.717, 1.165) is 9.94 Å². The van der Waals surface area contributed by atoms with Crippen LogP contribution in [0.15, 0.2) is 14.9 Å². The second-order valence-corrected chi connectivity index (χ2v) is 6.79. The fourth-order valence-electron chi connectivity index (χ4n) is 0.821. The lowest BCUT2D eigenvalue weighted by Gasteiger charge is -2.20. The lowest BCUT2D eigenvalue weighted by atomic mass is 9.96. The minimum atomic E-state index is -0.0456. The van der Waals surface area contributed by atoms with Gasteiger partial charge in [-0.2, -0.15) is 0 Å². The molecule has 0 aliphatic heterocycles. The van der Waals surface area contributed by atoms with E-state index in [1.807, 2.05) is 12.5 Å². The molecule has 0 aromatic heterocycles. The van der Waals surface area contributed by atoms with Crippen LogP contribution in [0.2, 0.25) is 0 Å². The molecule has 0 aliphatic carbocycles. The largest absolute Gasteiger partial charge is 0.286 e. The molecule has 88 valence electrons. The van der Waals surface area contributed by atoms with Gasteiger partial charge in [0.05, 0.1) is 5.54 Å². The summed E-state index contributed by atoms with van der Waals surface area (Å²) in [5.41, 5.74) is -0.0557. The fraction of sp³-hybridized carbons (Fsp3) is 0.750. The molecule has 0 rings (SSSR count).